The predicted molar refractivity (Wildman–Crippen MR) is 405 cm³/mol. The zero-order chi connectivity index (χ0) is 63.8. The summed E-state index contributed by atoms with van der Waals surface area (Å²) in [5, 5.41) is 8.64. The van der Waals surface area contributed by atoms with Crippen molar-refractivity contribution in [3.8, 4) is 0 Å². The van der Waals surface area contributed by atoms with E-state index in [0.717, 1.165) is 19.3 Å². The van der Waals surface area contributed by atoms with E-state index in [9.17, 15) is 0 Å². The molecule has 0 amide bonds. The van der Waals surface area contributed by atoms with Gasteiger partial charge in [-0.15, -0.1) is 0 Å². The molecule has 0 unspecified atom stereocenters. The van der Waals surface area contributed by atoms with Crippen LogP contribution in [-0.4, -0.2) is 60.5 Å². The summed E-state index contributed by atoms with van der Waals surface area (Å²) in [6.45, 7) is 43.5. The third-order valence-electron chi connectivity index (χ3n) is 24.0. The maximum atomic E-state index is 2.90. The van der Waals surface area contributed by atoms with Crippen LogP contribution in [0.4, 0.5) is 62.6 Å². The highest BCUT2D eigenvalue weighted by molar-refractivity contribution is 7.02. The summed E-state index contributed by atoms with van der Waals surface area (Å²) in [5.41, 5.74) is 39.3. The molecule has 0 spiro atoms. The van der Waals surface area contributed by atoms with Crippen LogP contribution in [0, 0.1) is 0 Å². The lowest BCUT2D eigenvalue weighted by Gasteiger charge is -2.53. The minimum Gasteiger partial charge on any atom is -0.349 e. The van der Waals surface area contributed by atoms with Gasteiger partial charge in [0.2, 0.25) is 20.1 Å². The van der Waals surface area contributed by atoms with Gasteiger partial charge in [-0.05, 0) is 174 Å². The van der Waals surface area contributed by atoms with E-state index in [-0.39, 0.29) is 59.3 Å². The molecule has 0 aromatic heterocycles. The molecule has 0 bridgehead atoms. The molecule has 10 aromatic carbocycles. The molecular formula is C82H83B5N5. The predicted octanol–water partition coefficient (Wildman–Crippen LogP) is 12.1. The van der Waals surface area contributed by atoms with E-state index in [1.165, 1.54) is 177 Å². The second-order valence-electron chi connectivity index (χ2n) is 35.6. The highest BCUT2D eigenvalue weighted by Gasteiger charge is 2.55. The Morgan fingerprint density at radius 1 is 0.304 bits per heavy atom. The molecule has 19 rings (SSSR count). The van der Waals surface area contributed by atoms with Crippen LogP contribution in [0.2, 0.25) is 0 Å². The Hall–Kier alpha value is -7.70. The fourth-order valence-corrected chi connectivity index (χ4v) is 19.0. The van der Waals surface area contributed by atoms with E-state index < -0.39 is 0 Å². The minimum atomic E-state index is -0.0349. The van der Waals surface area contributed by atoms with E-state index in [1.807, 2.05) is 0 Å². The normalized spacial score (nSPS) is 16.6. The number of hydrogen-bond donors (Lipinski definition) is 0. The molecule has 0 saturated heterocycles. The zero-order valence-corrected chi connectivity index (χ0v) is 57.8. The maximum Gasteiger partial charge on any atom is 0.252 e. The number of fused-ring (bicyclic) bond motifs is 18. The Balaban J connectivity index is 1.03. The number of anilines is 11. The van der Waals surface area contributed by atoms with E-state index >= 15 is 0 Å². The Labute approximate surface area is 548 Å². The molecule has 0 N–H and O–H groups in total. The SMILES string of the molecule is CN1c2ccc(C(C)(C)C)cc2B2c3cc(C(C)(C)C)ccc3N3CB4c5cc(C(C)(C)C)ccc5N5CB6c7cc(C(C)(C)C)ccc7N7CB8c9cc(C(C)(C)C)ccc9N9c%10ccc(C(C)(C)C)cc%10[B]c%10cc%11c(c8c%109)c7c6c6c5c4c4c3c2c1cc4c6%11. The average molecular weight is 1190 g/mol. The van der Waals surface area contributed by atoms with Crippen molar-refractivity contribution in [1.29, 1.82) is 0 Å². The van der Waals surface area contributed by atoms with Gasteiger partial charge in [-0.25, -0.2) is 0 Å². The molecule has 92 heavy (non-hydrogen) atoms. The third-order valence-corrected chi connectivity index (χ3v) is 24.0. The molecular weight excluding hydrogens is 1110 g/mol. The van der Waals surface area contributed by atoms with Gasteiger partial charge in [-0.1, -0.05) is 214 Å². The number of hydrogen-bond acceptors (Lipinski definition) is 5. The first-order valence-electron chi connectivity index (χ1n) is 34.6. The van der Waals surface area contributed by atoms with Crippen molar-refractivity contribution >= 4 is 189 Å². The van der Waals surface area contributed by atoms with Gasteiger partial charge < -0.3 is 24.5 Å². The largest absolute Gasteiger partial charge is 0.349 e. The quantitative estimate of drug-likeness (QED) is 0.111. The molecule has 10 heteroatoms. The fourth-order valence-electron chi connectivity index (χ4n) is 19.0. The monoisotopic (exact) mass is 1190 g/mol. The van der Waals surface area contributed by atoms with E-state index in [1.54, 1.807) is 10.9 Å². The van der Waals surface area contributed by atoms with Gasteiger partial charge in [-0.2, -0.15) is 0 Å². The summed E-state index contributed by atoms with van der Waals surface area (Å²) in [6.07, 6.45) is 2.63. The van der Waals surface area contributed by atoms with Crippen LogP contribution < -0.4 is 84.6 Å². The highest BCUT2D eigenvalue weighted by atomic mass is 15.2. The molecule has 9 heterocycles. The van der Waals surface area contributed by atoms with Crippen LogP contribution in [0.25, 0.3) is 32.3 Å². The molecule has 0 atom stereocenters. The second kappa shape index (κ2) is 17.2. The average Bonchev–Trinajstić information content (AvgIpc) is 0.649. The van der Waals surface area contributed by atoms with Crippen molar-refractivity contribution in [1.82, 2.24) is 0 Å². The van der Waals surface area contributed by atoms with Gasteiger partial charge in [0, 0.05) is 105 Å². The summed E-state index contributed by atoms with van der Waals surface area (Å²) in [5.74, 6) is 0. The van der Waals surface area contributed by atoms with E-state index in [0.29, 0.717) is 0 Å². The summed E-state index contributed by atoms with van der Waals surface area (Å²) in [7, 11) is 4.99. The van der Waals surface area contributed by atoms with Crippen molar-refractivity contribution in [2.24, 2.45) is 0 Å². The van der Waals surface area contributed by atoms with Crippen molar-refractivity contribution in [3.63, 3.8) is 0 Å². The van der Waals surface area contributed by atoms with Crippen LogP contribution in [-0.2, 0) is 32.5 Å². The van der Waals surface area contributed by atoms with Gasteiger partial charge in [0.1, 0.15) is 0 Å². The topological polar surface area (TPSA) is 16.2 Å². The van der Waals surface area contributed by atoms with E-state index in [4.69, 9.17) is 0 Å². The Morgan fingerprint density at radius 2 is 0.652 bits per heavy atom. The minimum absolute atomic E-state index is 0.0120. The first-order valence-corrected chi connectivity index (χ1v) is 34.6. The van der Waals surface area contributed by atoms with Crippen LogP contribution in [0.5, 0.6) is 0 Å². The smallest absolute Gasteiger partial charge is 0.252 e. The van der Waals surface area contributed by atoms with Crippen molar-refractivity contribution in [2.75, 3.05) is 50.9 Å². The Kier molecular flexibility index (Phi) is 10.4. The lowest BCUT2D eigenvalue weighted by Crippen LogP contribution is -2.69. The zero-order valence-electron chi connectivity index (χ0n) is 57.8. The standard InChI is InChI=1S/C82H83B5N5/c1-77(2,3)43-20-26-58-51(32-43)83-52-38-49-65-50-39-64-69-74-67(50)71-76-68(65)72-75-66(49)70-73(52)92(58)63-31-25-46(80(10,11)12)35-55(63)86(70)42-89(75)60-28-22-45(79(7,8)9)34-54(60)85(72)41-90(76)61-29-23-44(78(4,5)6)33-53(61)84(71)40-91(74)62-30-24-48(82(16,17)18)37-57(62)87(69)56-36-47(81(13,14)15)21-27-59(56)88(64)19/h20-39H,40-42H2,1-19H3. The first kappa shape index (κ1) is 55.9. The fraction of sp³-hybridized carbons (Fsp3) is 0.341. The summed E-state index contributed by atoms with van der Waals surface area (Å²) >= 11 is 0. The van der Waals surface area contributed by atoms with Gasteiger partial charge in [0.25, 0.3) is 6.71 Å². The van der Waals surface area contributed by atoms with Crippen LogP contribution in [0.1, 0.15) is 158 Å². The van der Waals surface area contributed by atoms with Gasteiger partial charge in [0.05, 0.1) is 0 Å². The summed E-state index contributed by atoms with van der Waals surface area (Å²) in [4.78, 5) is 14.0. The van der Waals surface area contributed by atoms with Crippen LogP contribution in [0.15, 0.2) is 121 Å². The lowest BCUT2D eigenvalue weighted by atomic mass is 9.29. The van der Waals surface area contributed by atoms with Crippen molar-refractivity contribution in [3.05, 3.63) is 155 Å². The molecule has 5 nitrogen and oxygen atoms in total. The maximum absolute atomic E-state index is 2.90. The highest BCUT2D eigenvalue weighted by Crippen LogP contribution is 2.55. The lowest BCUT2D eigenvalue weighted by molar-refractivity contribution is 0.590. The first-order chi connectivity index (χ1) is 43.3. The number of rotatable bonds is 0. The van der Waals surface area contributed by atoms with Crippen LogP contribution >= 0.6 is 0 Å². The van der Waals surface area contributed by atoms with Crippen molar-refractivity contribution in [2.45, 2.75) is 157 Å². The molecule has 9 aliphatic rings. The van der Waals surface area contributed by atoms with Crippen molar-refractivity contribution < 1.29 is 0 Å². The second-order valence-corrected chi connectivity index (χ2v) is 35.6. The number of nitrogens with zero attached hydrogens (tertiary/aromatic N) is 5. The van der Waals surface area contributed by atoms with Gasteiger partial charge in [0.15, 0.2) is 7.28 Å². The molecule has 1 radical (unpaired) electrons. The molecule has 9 aliphatic heterocycles. The third kappa shape index (κ3) is 7.02. The summed E-state index contributed by atoms with van der Waals surface area (Å²) in [6, 6.07) is 51.0. The molecule has 0 fully saturated rings. The molecule has 10 aromatic rings. The molecule has 451 valence electrons. The molecule has 0 aliphatic carbocycles. The number of benzene rings is 10. The summed E-state index contributed by atoms with van der Waals surface area (Å²) < 4.78 is 0. The Bertz CT molecular complexity index is 5150. The van der Waals surface area contributed by atoms with Crippen LogP contribution in [0.3, 0.4) is 0 Å². The van der Waals surface area contributed by atoms with Gasteiger partial charge >= 0.3 is 0 Å². The van der Waals surface area contributed by atoms with Gasteiger partial charge in [-0.3, -0.25) is 0 Å². The molecule has 0 saturated carbocycles. The Morgan fingerprint density at radius 3 is 1.13 bits per heavy atom. The van der Waals surface area contributed by atoms with E-state index in [2.05, 4.69) is 285 Å².